The first kappa shape index (κ1) is 7.58. The van der Waals surface area contributed by atoms with Crippen molar-refractivity contribution in [3.8, 4) is 0 Å². The molecule has 2 N–H and O–H groups in total. The average molecular weight is 168 g/mol. The Morgan fingerprint density at radius 2 is 1.33 bits per heavy atom. The molecule has 2 aliphatic rings. The molecule has 0 aromatic carbocycles. The number of hydrogen-bond donors (Lipinski definition) is 2. The Labute approximate surface area is 70.7 Å². The van der Waals surface area contributed by atoms with Gasteiger partial charge in [0.2, 0.25) is 11.8 Å². The lowest BCUT2D eigenvalue weighted by molar-refractivity contribution is -0.120. The van der Waals surface area contributed by atoms with E-state index < -0.39 is 0 Å². The van der Waals surface area contributed by atoms with E-state index in [0.29, 0.717) is 12.8 Å². The molecule has 2 unspecified atom stereocenters. The van der Waals surface area contributed by atoms with E-state index in [-0.39, 0.29) is 23.9 Å². The van der Waals surface area contributed by atoms with Crippen molar-refractivity contribution in [3.63, 3.8) is 0 Å². The maximum Gasteiger partial charge on any atom is 0.220 e. The number of rotatable bonds is 1. The molecule has 0 spiro atoms. The van der Waals surface area contributed by atoms with Gasteiger partial charge in [-0.05, 0) is 12.8 Å². The number of hydrogen-bond acceptors (Lipinski definition) is 2. The van der Waals surface area contributed by atoms with Gasteiger partial charge < -0.3 is 10.6 Å². The quantitative estimate of drug-likeness (QED) is 0.557. The fourth-order valence-electron chi connectivity index (χ4n) is 1.88. The molecule has 2 heterocycles. The second-order valence-corrected chi connectivity index (χ2v) is 3.43. The fraction of sp³-hybridized carbons (Fsp3) is 0.750. The van der Waals surface area contributed by atoms with Crippen LogP contribution < -0.4 is 10.6 Å². The Morgan fingerprint density at radius 1 is 0.917 bits per heavy atom. The molecule has 2 rings (SSSR count). The van der Waals surface area contributed by atoms with E-state index in [0.717, 1.165) is 12.8 Å². The van der Waals surface area contributed by atoms with E-state index in [1.54, 1.807) is 0 Å². The van der Waals surface area contributed by atoms with Gasteiger partial charge in [-0.15, -0.1) is 0 Å². The molecule has 2 saturated heterocycles. The van der Waals surface area contributed by atoms with Gasteiger partial charge in [-0.1, -0.05) is 0 Å². The average Bonchev–Trinajstić information content (AvgIpc) is 2.58. The van der Waals surface area contributed by atoms with Crippen LogP contribution in [0.3, 0.4) is 0 Å². The number of carbonyl (C=O) groups is 2. The Bertz CT molecular complexity index is 203. The molecular formula is C8H12N2O2. The molecule has 0 aromatic rings. The minimum absolute atomic E-state index is 0.112. The molecule has 0 aliphatic carbocycles. The first-order valence-electron chi connectivity index (χ1n) is 4.34. The van der Waals surface area contributed by atoms with E-state index in [2.05, 4.69) is 10.6 Å². The minimum Gasteiger partial charge on any atom is -0.351 e. The predicted molar refractivity (Wildman–Crippen MR) is 42.3 cm³/mol. The molecule has 0 bridgehead atoms. The van der Waals surface area contributed by atoms with Gasteiger partial charge in [0.05, 0.1) is 0 Å². The SMILES string of the molecule is O=C1CCC(C2CCC(=O)N2)N1. The largest absolute Gasteiger partial charge is 0.351 e. The third kappa shape index (κ3) is 1.29. The van der Waals surface area contributed by atoms with Crippen molar-refractivity contribution in [1.29, 1.82) is 0 Å². The lowest BCUT2D eigenvalue weighted by Crippen LogP contribution is -2.43. The van der Waals surface area contributed by atoms with Gasteiger partial charge in [0.15, 0.2) is 0 Å². The summed E-state index contributed by atoms with van der Waals surface area (Å²) in [6.45, 7) is 0. The summed E-state index contributed by atoms with van der Waals surface area (Å²) < 4.78 is 0. The minimum atomic E-state index is 0.112. The zero-order valence-corrected chi connectivity index (χ0v) is 6.80. The van der Waals surface area contributed by atoms with Gasteiger partial charge in [-0.2, -0.15) is 0 Å². The summed E-state index contributed by atoms with van der Waals surface area (Å²) in [5, 5.41) is 5.73. The second kappa shape index (κ2) is 2.77. The summed E-state index contributed by atoms with van der Waals surface area (Å²) in [4.78, 5) is 21.7. The van der Waals surface area contributed by atoms with Gasteiger partial charge in [0.1, 0.15) is 0 Å². The molecule has 0 aromatic heterocycles. The molecule has 4 nitrogen and oxygen atoms in total. The third-order valence-corrected chi connectivity index (χ3v) is 2.54. The highest BCUT2D eigenvalue weighted by atomic mass is 16.2. The maximum atomic E-state index is 10.9. The molecule has 2 amide bonds. The van der Waals surface area contributed by atoms with Crippen LogP contribution in [0.1, 0.15) is 25.7 Å². The van der Waals surface area contributed by atoms with Crippen molar-refractivity contribution < 1.29 is 9.59 Å². The van der Waals surface area contributed by atoms with Crippen molar-refractivity contribution in [1.82, 2.24) is 10.6 Å². The van der Waals surface area contributed by atoms with E-state index in [1.807, 2.05) is 0 Å². The van der Waals surface area contributed by atoms with E-state index in [9.17, 15) is 9.59 Å². The van der Waals surface area contributed by atoms with Gasteiger partial charge in [-0.3, -0.25) is 9.59 Å². The topological polar surface area (TPSA) is 58.2 Å². The summed E-state index contributed by atoms with van der Waals surface area (Å²) >= 11 is 0. The van der Waals surface area contributed by atoms with Crippen LogP contribution in [-0.2, 0) is 9.59 Å². The lowest BCUT2D eigenvalue weighted by atomic mass is 10.1. The monoisotopic (exact) mass is 168 g/mol. The zero-order chi connectivity index (χ0) is 8.55. The third-order valence-electron chi connectivity index (χ3n) is 2.54. The van der Waals surface area contributed by atoms with Gasteiger partial charge >= 0.3 is 0 Å². The summed E-state index contributed by atoms with van der Waals surface area (Å²) in [6.07, 6.45) is 2.95. The van der Waals surface area contributed by atoms with Crippen LogP contribution in [0.2, 0.25) is 0 Å². The first-order chi connectivity index (χ1) is 5.75. The molecule has 2 fully saturated rings. The van der Waals surface area contributed by atoms with Gasteiger partial charge in [-0.25, -0.2) is 0 Å². The van der Waals surface area contributed by atoms with E-state index in [4.69, 9.17) is 0 Å². The van der Waals surface area contributed by atoms with Crippen LogP contribution in [0.5, 0.6) is 0 Å². The lowest BCUT2D eigenvalue weighted by Gasteiger charge is -2.17. The zero-order valence-electron chi connectivity index (χ0n) is 6.80. The Morgan fingerprint density at radius 3 is 1.58 bits per heavy atom. The number of amides is 2. The maximum absolute atomic E-state index is 10.9. The predicted octanol–water partition coefficient (Wildman–Crippen LogP) is -0.456. The second-order valence-electron chi connectivity index (χ2n) is 3.43. The highest BCUT2D eigenvalue weighted by molar-refractivity contribution is 5.81. The van der Waals surface area contributed by atoms with E-state index in [1.165, 1.54) is 0 Å². The Balaban J connectivity index is 1.93. The summed E-state index contributed by atoms with van der Waals surface area (Å²) in [6, 6.07) is 0.368. The molecule has 12 heavy (non-hydrogen) atoms. The molecule has 2 aliphatic heterocycles. The first-order valence-corrected chi connectivity index (χ1v) is 4.34. The molecule has 66 valence electrons. The summed E-state index contributed by atoms with van der Waals surface area (Å²) in [5.74, 6) is 0.224. The highest BCUT2D eigenvalue weighted by Gasteiger charge is 2.32. The van der Waals surface area contributed by atoms with Crippen LogP contribution in [0.25, 0.3) is 0 Å². The molecule has 4 heteroatoms. The molecule has 2 atom stereocenters. The molecule has 0 saturated carbocycles. The normalized spacial score (nSPS) is 35.0. The van der Waals surface area contributed by atoms with Gasteiger partial charge in [0, 0.05) is 24.9 Å². The van der Waals surface area contributed by atoms with Gasteiger partial charge in [0.25, 0.3) is 0 Å². The van der Waals surface area contributed by atoms with Crippen LogP contribution >= 0.6 is 0 Å². The summed E-state index contributed by atoms with van der Waals surface area (Å²) in [5.41, 5.74) is 0. The van der Waals surface area contributed by atoms with Crippen LogP contribution in [0, 0.1) is 0 Å². The van der Waals surface area contributed by atoms with E-state index >= 15 is 0 Å². The Kier molecular flexibility index (Phi) is 1.75. The Hall–Kier alpha value is -1.06. The van der Waals surface area contributed by atoms with Crippen molar-refractivity contribution in [2.45, 2.75) is 37.8 Å². The van der Waals surface area contributed by atoms with Crippen molar-refractivity contribution in [2.75, 3.05) is 0 Å². The van der Waals surface area contributed by atoms with Crippen LogP contribution in [0.4, 0.5) is 0 Å². The number of carbonyl (C=O) groups excluding carboxylic acids is 2. The van der Waals surface area contributed by atoms with Crippen molar-refractivity contribution in [2.24, 2.45) is 0 Å². The van der Waals surface area contributed by atoms with Crippen LogP contribution in [-0.4, -0.2) is 23.9 Å². The van der Waals surface area contributed by atoms with Crippen LogP contribution in [0.15, 0.2) is 0 Å². The molecular weight excluding hydrogens is 156 g/mol. The summed E-state index contributed by atoms with van der Waals surface area (Å²) in [7, 11) is 0. The van der Waals surface area contributed by atoms with Crippen molar-refractivity contribution in [3.05, 3.63) is 0 Å². The number of nitrogens with one attached hydrogen (secondary N) is 2. The fourth-order valence-corrected chi connectivity index (χ4v) is 1.88. The van der Waals surface area contributed by atoms with Crippen molar-refractivity contribution >= 4 is 11.8 Å². The smallest absolute Gasteiger partial charge is 0.220 e. The highest BCUT2D eigenvalue weighted by Crippen LogP contribution is 2.17. The standard InChI is InChI=1S/C8H12N2O2/c11-7-3-1-5(9-7)6-2-4-8(12)10-6/h5-6H,1-4H2,(H,9,11)(H,10,12). The molecule has 0 radical (unpaired) electrons.